The number of nitrogens with zero attached hydrogens (tertiary/aromatic N) is 1. The van der Waals surface area contributed by atoms with Gasteiger partial charge in [0.1, 0.15) is 17.2 Å². The van der Waals surface area contributed by atoms with E-state index in [2.05, 4.69) is 6.92 Å². The molecule has 2 aromatic rings. The molecule has 0 radical (unpaired) electrons. The van der Waals surface area contributed by atoms with Crippen molar-refractivity contribution < 1.29 is 17.6 Å². The van der Waals surface area contributed by atoms with Gasteiger partial charge < -0.3 is 4.42 Å². The second-order valence-electron chi connectivity index (χ2n) is 6.39. The molecule has 24 heavy (non-hydrogen) atoms. The number of carbonyl (C=O) groups is 1. The average molecular weight is 343 g/mol. The van der Waals surface area contributed by atoms with E-state index < -0.39 is 10.0 Å². The van der Waals surface area contributed by atoms with Gasteiger partial charge in [0.2, 0.25) is 5.78 Å². The molecular formula is C18H17NO4S. The van der Waals surface area contributed by atoms with Crippen LogP contribution in [-0.2, 0) is 10.0 Å². The molecule has 1 fully saturated rings. The van der Waals surface area contributed by atoms with Crippen LogP contribution in [0.2, 0.25) is 0 Å². The molecule has 2 atom stereocenters. The first kappa shape index (κ1) is 15.2. The van der Waals surface area contributed by atoms with Crippen molar-refractivity contribution in [2.45, 2.75) is 24.2 Å². The molecule has 1 aliphatic heterocycles. The monoisotopic (exact) mass is 343 g/mol. The molecule has 2 aliphatic rings. The summed E-state index contributed by atoms with van der Waals surface area (Å²) in [5.41, 5.74) is 0.294. The molecule has 0 spiro atoms. The maximum absolute atomic E-state index is 12.7. The predicted molar refractivity (Wildman–Crippen MR) is 88.9 cm³/mol. The Hall–Kier alpha value is -2.34. The van der Waals surface area contributed by atoms with Crippen LogP contribution >= 0.6 is 0 Å². The summed E-state index contributed by atoms with van der Waals surface area (Å²) in [7, 11) is -2.34. The highest BCUT2D eigenvalue weighted by Crippen LogP contribution is 2.47. The summed E-state index contributed by atoms with van der Waals surface area (Å²) in [6.45, 7) is 2.16. The van der Waals surface area contributed by atoms with Crippen molar-refractivity contribution in [3.05, 3.63) is 59.2 Å². The van der Waals surface area contributed by atoms with Crippen LogP contribution in [0.3, 0.4) is 0 Å². The highest BCUT2D eigenvalue weighted by atomic mass is 32.2. The first-order chi connectivity index (χ1) is 11.4. The fourth-order valence-electron chi connectivity index (χ4n) is 3.09. The maximum Gasteiger partial charge on any atom is 0.264 e. The van der Waals surface area contributed by atoms with Crippen molar-refractivity contribution in [1.29, 1.82) is 0 Å². The number of benzene rings is 1. The smallest absolute Gasteiger partial charge is 0.264 e. The van der Waals surface area contributed by atoms with Gasteiger partial charge in [-0.1, -0.05) is 19.1 Å². The zero-order chi connectivity index (χ0) is 17.1. The Morgan fingerprint density at radius 3 is 2.62 bits per heavy atom. The van der Waals surface area contributed by atoms with E-state index in [1.807, 2.05) is 6.07 Å². The number of carbonyl (C=O) groups excluding carboxylic acids is 1. The molecule has 6 heteroatoms. The third-order valence-corrected chi connectivity index (χ3v) is 6.57. The van der Waals surface area contributed by atoms with Gasteiger partial charge in [0.25, 0.3) is 10.0 Å². The lowest BCUT2D eigenvalue weighted by atomic mass is 10.1. The standard InChI is InChI=1S/C18H17NO4S/c1-11-9-14(11)16-8-7-12(23-16)10-15-18(20)13-5-3-4-6-17(13)24(21,22)19(15)2/h3-8,10-11,14H,9H2,1-2H3/b15-10+. The predicted octanol–water partition coefficient (Wildman–Crippen LogP) is 3.26. The Morgan fingerprint density at radius 2 is 1.92 bits per heavy atom. The Kier molecular flexibility index (Phi) is 3.22. The topological polar surface area (TPSA) is 67.6 Å². The molecule has 0 bridgehead atoms. The van der Waals surface area contributed by atoms with Gasteiger partial charge in [-0.15, -0.1) is 0 Å². The van der Waals surface area contributed by atoms with E-state index in [4.69, 9.17) is 4.42 Å². The van der Waals surface area contributed by atoms with E-state index in [1.54, 1.807) is 18.2 Å². The number of allylic oxidation sites excluding steroid dienone is 1. The first-order valence-corrected chi connectivity index (χ1v) is 9.27. The van der Waals surface area contributed by atoms with E-state index in [0.29, 0.717) is 17.6 Å². The number of sulfonamides is 1. The lowest BCUT2D eigenvalue weighted by Crippen LogP contribution is -2.36. The third kappa shape index (κ3) is 2.21. The van der Waals surface area contributed by atoms with Crippen molar-refractivity contribution >= 4 is 21.9 Å². The Bertz CT molecular complexity index is 970. The van der Waals surface area contributed by atoms with Crippen molar-refractivity contribution in [2.75, 3.05) is 7.05 Å². The molecule has 0 amide bonds. The number of furan rings is 1. The zero-order valence-electron chi connectivity index (χ0n) is 13.4. The largest absolute Gasteiger partial charge is 0.461 e. The molecule has 1 saturated carbocycles. The molecule has 1 aromatic carbocycles. The van der Waals surface area contributed by atoms with Gasteiger partial charge in [0, 0.05) is 24.6 Å². The van der Waals surface area contributed by atoms with Gasteiger partial charge in [0.05, 0.1) is 4.90 Å². The van der Waals surface area contributed by atoms with Gasteiger partial charge in [-0.25, -0.2) is 8.42 Å². The summed E-state index contributed by atoms with van der Waals surface area (Å²) in [5.74, 6) is 2.11. The number of ketones is 1. The van der Waals surface area contributed by atoms with Gasteiger partial charge in [-0.3, -0.25) is 9.10 Å². The van der Waals surface area contributed by atoms with Crippen molar-refractivity contribution in [3.63, 3.8) is 0 Å². The molecule has 1 aliphatic carbocycles. The number of fused-ring (bicyclic) bond motifs is 1. The van der Waals surface area contributed by atoms with E-state index in [9.17, 15) is 13.2 Å². The summed E-state index contributed by atoms with van der Waals surface area (Å²) < 4.78 is 32.0. The van der Waals surface area contributed by atoms with Crippen LogP contribution in [0.4, 0.5) is 0 Å². The number of rotatable bonds is 2. The Morgan fingerprint density at radius 1 is 1.21 bits per heavy atom. The van der Waals surface area contributed by atoms with Crippen LogP contribution in [0, 0.1) is 5.92 Å². The Balaban J connectivity index is 1.78. The maximum atomic E-state index is 12.7. The van der Waals surface area contributed by atoms with Crippen LogP contribution in [0.25, 0.3) is 6.08 Å². The highest BCUT2D eigenvalue weighted by molar-refractivity contribution is 7.89. The molecule has 2 heterocycles. The van der Waals surface area contributed by atoms with Gasteiger partial charge >= 0.3 is 0 Å². The van der Waals surface area contributed by atoms with E-state index in [-0.39, 0.29) is 21.9 Å². The molecule has 0 saturated heterocycles. The molecule has 4 rings (SSSR count). The molecule has 2 unspecified atom stereocenters. The van der Waals surface area contributed by atoms with Crippen LogP contribution in [0.1, 0.15) is 41.1 Å². The zero-order valence-corrected chi connectivity index (χ0v) is 14.2. The minimum Gasteiger partial charge on any atom is -0.461 e. The SMILES string of the molecule is CC1CC1c1ccc(/C=C2\C(=O)c3ccccc3S(=O)(=O)N2C)o1. The minimum absolute atomic E-state index is 0.0431. The molecule has 124 valence electrons. The van der Waals surface area contributed by atoms with Gasteiger partial charge in [0.15, 0.2) is 0 Å². The lowest BCUT2D eigenvalue weighted by Gasteiger charge is -2.27. The van der Waals surface area contributed by atoms with Gasteiger partial charge in [-0.05, 0) is 36.6 Å². The fraction of sp³-hybridized carbons (Fsp3) is 0.278. The number of likely N-dealkylation sites (N-methyl/N-ethyl adjacent to an activating group) is 1. The Labute approximate surface area is 140 Å². The normalized spacial score (nSPS) is 26.5. The third-order valence-electron chi connectivity index (χ3n) is 4.74. The van der Waals surface area contributed by atoms with Gasteiger partial charge in [-0.2, -0.15) is 0 Å². The lowest BCUT2D eigenvalue weighted by molar-refractivity contribution is 0.101. The van der Waals surface area contributed by atoms with Crippen LogP contribution in [0.15, 0.2) is 51.4 Å². The first-order valence-electron chi connectivity index (χ1n) is 7.83. The second-order valence-corrected chi connectivity index (χ2v) is 8.32. The van der Waals surface area contributed by atoms with E-state index in [0.717, 1.165) is 16.5 Å². The van der Waals surface area contributed by atoms with Crippen LogP contribution in [0.5, 0.6) is 0 Å². The summed E-state index contributed by atoms with van der Waals surface area (Å²) in [6.07, 6.45) is 2.61. The van der Waals surface area contributed by atoms with Crippen LogP contribution < -0.4 is 0 Å². The van der Waals surface area contributed by atoms with E-state index in [1.165, 1.54) is 25.3 Å². The molecular weight excluding hydrogens is 326 g/mol. The van der Waals surface area contributed by atoms with Crippen molar-refractivity contribution in [3.8, 4) is 0 Å². The second kappa shape index (κ2) is 5.08. The number of Topliss-reactive ketones (excluding diaryl/α,β-unsaturated/α-hetero) is 1. The van der Waals surface area contributed by atoms with E-state index >= 15 is 0 Å². The number of hydrogen-bond donors (Lipinski definition) is 0. The molecule has 5 nitrogen and oxygen atoms in total. The van der Waals surface area contributed by atoms with Crippen LogP contribution in [-0.4, -0.2) is 25.6 Å². The summed E-state index contributed by atoms with van der Waals surface area (Å²) >= 11 is 0. The molecule has 0 N–H and O–H groups in total. The van der Waals surface area contributed by atoms with Crippen molar-refractivity contribution in [1.82, 2.24) is 4.31 Å². The molecule has 1 aromatic heterocycles. The number of hydrogen-bond acceptors (Lipinski definition) is 4. The summed E-state index contributed by atoms with van der Waals surface area (Å²) in [4.78, 5) is 12.8. The summed E-state index contributed by atoms with van der Waals surface area (Å²) in [5, 5.41) is 0. The average Bonchev–Trinajstić information content (AvgIpc) is 3.11. The fourth-order valence-corrected chi connectivity index (χ4v) is 4.47. The minimum atomic E-state index is -3.73. The summed E-state index contributed by atoms with van der Waals surface area (Å²) in [6, 6.07) is 9.94. The quantitative estimate of drug-likeness (QED) is 0.785. The van der Waals surface area contributed by atoms with Crippen molar-refractivity contribution in [2.24, 2.45) is 5.92 Å². The highest BCUT2D eigenvalue weighted by Gasteiger charge is 2.38.